The van der Waals surface area contributed by atoms with Crippen LogP contribution in [0.5, 0.6) is 0 Å². The van der Waals surface area contributed by atoms with Crippen LogP contribution in [0.25, 0.3) is 43.8 Å². The lowest BCUT2D eigenvalue weighted by Crippen LogP contribution is -2.10. The van der Waals surface area contributed by atoms with Crippen LogP contribution in [0.3, 0.4) is 0 Å². The molecule has 5 rings (SSSR count). The first kappa shape index (κ1) is 25.4. The molecule has 0 bridgehead atoms. The summed E-state index contributed by atoms with van der Waals surface area (Å²) in [5, 5.41) is 34.2. The molecule has 39 heavy (non-hydrogen) atoms. The van der Waals surface area contributed by atoms with Crippen molar-refractivity contribution in [3.63, 3.8) is 0 Å². The molecular weight excluding hydrogens is 539 g/mol. The number of hydrogen-bond acceptors (Lipinski definition) is 4. The van der Waals surface area contributed by atoms with Gasteiger partial charge in [0.2, 0.25) is 0 Å². The first-order valence-corrected chi connectivity index (χ1v) is 10.3. The van der Waals surface area contributed by atoms with Gasteiger partial charge in [-0.25, -0.2) is 13.2 Å². The summed E-state index contributed by atoms with van der Waals surface area (Å²) < 4.78 is 129. The molecule has 0 N–H and O–H groups in total. The Morgan fingerprint density at radius 1 is 0.487 bits per heavy atom. The highest BCUT2D eigenvalue weighted by Crippen LogP contribution is 2.56. The summed E-state index contributed by atoms with van der Waals surface area (Å²) in [6.45, 7) is 0. The highest BCUT2D eigenvalue weighted by atomic mass is 19.4. The summed E-state index contributed by atoms with van der Waals surface area (Å²) in [7, 11) is 0. The van der Waals surface area contributed by atoms with Gasteiger partial charge < -0.3 is 0 Å². The van der Waals surface area contributed by atoms with E-state index in [-0.39, 0.29) is 0 Å². The van der Waals surface area contributed by atoms with E-state index in [9.17, 15) is 51.8 Å². The molecule has 4 nitrogen and oxygen atoms in total. The Kier molecular flexibility index (Phi) is 5.12. The fraction of sp³-hybridized carbons (Fsp3) is 0.0769. The number of nitrogens with zero attached hydrogens (tertiary/aromatic N) is 4. The van der Waals surface area contributed by atoms with E-state index in [1.807, 2.05) is 0 Å². The zero-order valence-corrected chi connectivity index (χ0v) is 18.4. The Labute approximate surface area is 210 Å². The van der Waals surface area contributed by atoms with Gasteiger partial charge in [-0.15, -0.1) is 0 Å². The number of fused-ring (bicyclic) bond motifs is 5. The Balaban J connectivity index is 2.23. The summed E-state index contributed by atoms with van der Waals surface area (Å²) in [4.78, 5) is 0. The Bertz CT molecular complexity index is 2010. The van der Waals surface area contributed by atoms with Gasteiger partial charge in [0, 0.05) is 27.1 Å². The molecule has 190 valence electrons. The molecular formula is C26H3F9N4. The summed E-state index contributed by atoms with van der Waals surface area (Å²) in [5.74, 6) is -5.94. The molecule has 0 spiro atoms. The molecule has 0 unspecified atom stereocenters. The van der Waals surface area contributed by atoms with Crippen LogP contribution in [0.4, 0.5) is 39.5 Å². The third kappa shape index (κ3) is 3.17. The zero-order chi connectivity index (χ0) is 28.8. The number of alkyl halides is 6. The lowest BCUT2D eigenvalue weighted by Gasteiger charge is -2.17. The van der Waals surface area contributed by atoms with Gasteiger partial charge in [0.05, 0.1) is 33.9 Å². The van der Waals surface area contributed by atoms with Gasteiger partial charge in [0.1, 0.15) is 23.8 Å². The van der Waals surface area contributed by atoms with Crippen molar-refractivity contribution >= 4 is 21.5 Å². The van der Waals surface area contributed by atoms with Crippen LogP contribution in [-0.2, 0) is 12.4 Å². The predicted molar refractivity (Wildman–Crippen MR) is 115 cm³/mol. The van der Waals surface area contributed by atoms with E-state index in [1.165, 1.54) is 18.2 Å². The topological polar surface area (TPSA) is 95.2 Å². The van der Waals surface area contributed by atoms with Gasteiger partial charge in [-0.05, 0) is 34.9 Å². The fourth-order valence-electron chi connectivity index (χ4n) is 4.96. The smallest absolute Gasteiger partial charge is 0.205 e. The van der Waals surface area contributed by atoms with Crippen molar-refractivity contribution in [2.75, 3.05) is 0 Å². The Morgan fingerprint density at radius 2 is 1.05 bits per heavy atom. The molecule has 1 aliphatic rings. The lowest BCUT2D eigenvalue weighted by molar-refractivity contribution is -0.138. The van der Waals surface area contributed by atoms with Crippen molar-refractivity contribution in [2.45, 2.75) is 12.4 Å². The second-order valence-electron chi connectivity index (χ2n) is 8.30. The maximum Gasteiger partial charge on any atom is 0.417 e. The first-order valence-electron chi connectivity index (χ1n) is 10.3. The van der Waals surface area contributed by atoms with Crippen molar-refractivity contribution in [3.8, 4) is 46.5 Å². The molecule has 0 amide bonds. The van der Waals surface area contributed by atoms with E-state index < -0.39 is 107 Å². The fourth-order valence-corrected chi connectivity index (χ4v) is 4.96. The minimum Gasteiger partial charge on any atom is -0.205 e. The normalized spacial score (nSPS) is 12.1. The maximum atomic E-state index is 15.5. The molecule has 4 aromatic rings. The van der Waals surface area contributed by atoms with Gasteiger partial charge in [-0.2, -0.15) is 47.4 Å². The van der Waals surface area contributed by atoms with Crippen LogP contribution in [0.1, 0.15) is 33.4 Å². The maximum absolute atomic E-state index is 15.5. The molecule has 0 saturated heterocycles. The van der Waals surface area contributed by atoms with Crippen LogP contribution in [0, 0.1) is 62.8 Å². The van der Waals surface area contributed by atoms with Crippen LogP contribution >= 0.6 is 0 Å². The van der Waals surface area contributed by atoms with Crippen LogP contribution in [0.15, 0.2) is 18.2 Å². The van der Waals surface area contributed by atoms with Gasteiger partial charge in [-0.3, -0.25) is 0 Å². The van der Waals surface area contributed by atoms with Gasteiger partial charge in [0.25, 0.3) is 0 Å². The summed E-state index contributed by atoms with van der Waals surface area (Å²) in [6, 6.07) is 6.38. The quantitative estimate of drug-likeness (QED) is 0.115. The summed E-state index contributed by atoms with van der Waals surface area (Å²) in [6.07, 6.45) is -10.5. The predicted octanol–water partition coefficient (Wildman–Crippen LogP) is 7.58. The van der Waals surface area contributed by atoms with Crippen molar-refractivity contribution in [3.05, 3.63) is 69.0 Å². The summed E-state index contributed by atoms with van der Waals surface area (Å²) in [5.41, 5.74) is -10.2. The molecule has 13 heteroatoms. The van der Waals surface area contributed by atoms with Crippen molar-refractivity contribution < 1.29 is 39.5 Å². The Hall–Kier alpha value is -5.27. The average Bonchev–Trinajstić information content (AvgIpc) is 3.19. The number of rotatable bonds is 0. The average molecular weight is 542 g/mol. The van der Waals surface area contributed by atoms with E-state index in [0.29, 0.717) is 18.2 Å². The van der Waals surface area contributed by atoms with Gasteiger partial charge in [0.15, 0.2) is 17.5 Å². The third-order valence-corrected chi connectivity index (χ3v) is 6.43. The number of benzene rings is 4. The molecule has 0 aliphatic heterocycles. The minimum absolute atomic E-state index is 0.332. The van der Waals surface area contributed by atoms with E-state index in [2.05, 4.69) is 0 Å². The molecule has 0 atom stereocenters. The molecule has 0 fully saturated rings. The second kappa shape index (κ2) is 7.86. The highest BCUT2D eigenvalue weighted by molar-refractivity contribution is 6.28. The van der Waals surface area contributed by atoms with E-state index in [1.54, 1.807) is 0 Å². The molecule has 4 aromatic carbocycles. The minimum atomic E-state index is -5.34. The molecule has 0 radical (unpaired) electrons. The lowest BCUT2D eigenvalue weighted by atomic mass is 9.86. The van der Waals surface area contributed by atoms with Crippen LogP contribution in [-0.4, -0.2) is 0 Å². The SMILES string of the molecule is N#Cc1cc2c(cc1C(F)(F)F)-c1cc(C(F)(F)F)c(C#N)c3c1c-2c(C#N)c1c(F)c(F)c(C#N)c(F)c13. The monoisotopic (exact) mass is 542 g/mol. The molecule has 1 aliphatic carbocycles. The van der Waals surface area contributed by atoms with Crippen molar-refractivity contribution in [1.29, 1.82) is 21.0 Å². The second-order valence-corrected chi connectivity index (χ2v) is 8.30. The van der Waals surface area contributed by atoms with Crippen molar-refractivity contribution in [2.24, 2.45) is 0 Å². The number of nitriles is 4. The van der Waals surface area contributed by atoms with Gasteiger partial charge >= 0.3 is 12.4 Å². The molecule has 0 heterocycles. The van der Waals surface area contributed by atoms with Crippen LogP contribution in [0.2, 0.25) is 0 Å². The molecule has 0 saturated carbocycles. The third-order valence-electron chi connectivity index (χ3n) is 6.43. The van der Waals surface area contributed by atoms with E-state index >= 15 is 8.78 Å². The van der Waals surface area contributed by atoms with E-state index in [0.717, 1.165) is 6.07 Å². The summed E-state index contributed by atoms with van der Waals surface area (Å²) >= 11 is 0. The van der Waals surface area contributed by atoms with E-state index in [4.69, 9.17) is 0 Å². The Morgan fingerprint density at radius 3 is 1.56 bits per heavy atom. The molecule has 0 aromatic heterocycles. The standard InChI is InChI=1S/C26H3F9N4/c27-22-14(7-39)23(28)24(29)20-13(6-38)17-10-1-8(4-36)15(25(30,31)32)2-9(10)11-3-16(26(33,34)35)12(5-37)19(18(11)17)21(20)22/h1-3H. The number of halogens is 9. The largest absolute Gasteiger partial charge is 0.417 e. The van der Waals surface area contributed by atoms with Gasteiger partial charge in [-0.1, -0.05) is 0 Å². The first-order chi connectivity index (χ1) is 18.2. The number of hydrogen-bond donors (Lipinski definition) is 0. The van der Waals surface area contributed by atoms with Crippen LogP contribution < -0.4 is 0 Å². The van der Waals surface area contributed by atoms with Crippen molar-refractivity contribution in [1.82, 2.24) is 0 Å². The zero-order valence-electron chi connectivity index (χ0n) is 18.4. The highest BCUT2D eigenvalue weighted by Gasteiger charge is 2.42.